The van der Waals surface area contributed by atoms with Crippen LogP contribution in [0.4, 0.5) is 0 Å². The van der Waals surface area contributed by atoms with Gasteiger partial charge in [-0.1, -0.05) is 12.1 Å². The predicted octanol–water partition coefficient (Wildman–Crippen LogP) is 0.524. The first-order valence-electron chi connectivity index (χ1n) is 6.28. The molecule has 2 aromatic rings. The van der Waals surface area contributed by atoms with Crippen LogP contribution in [0.1, 0.15) is 18.2 Å². The topological polar surface area (TPSA) is 104 Å². The molecule has 21 heavy (non-hydrogen) atoms. The molecule has 0 unspecified atom stereocenters. The van der Waals surface area contributed by atoms with Gasteiger partial charge in [-0.3, -0.25) is 4.79 Å². The summed E-state index contributed by atoms with van der Waals surface area (Å²) in [5.41, 5.74) is 1.51. The van der Waals surface area contributed by atoms with Crippen molar-refractivity contribution in [3.05, 3.63) is 48.0 Å². The zero-order chi connectivity index (χ0) is 15.3. The molecule has 1 amide bonds. The van der Waals surface area contributed by atoms with Gasteiger partial charge in [0.05, 0.1) is 17.8 Å². The summed E-state index contributed by atoms with van der Waals surface area (Å²) in [6.07, 6.45) is 3.04. The van der Waals surface area contributed by atoms with Crippen molar-refractivity contribution in [1.82, 2.24) is 20.0 Å². The second kappa shape index (κ2) is 6.51. The van der Waals surface area contributed by atoms with Gasteiger partial charge in [-0.15, -0.1) is 0 Å². The van der Waals surface area contributed by atoms with Crippen LogP contribution in [0, 0.1) is 0 Å². The number of aromatic nitrogens is 2. The molecule has 3 N–H and O–H groups in total. The number of hydrogen-bond donors (Lipinski definition) is 3. The van der Waals surface area contributed by atoms with Crippen LogP contribution in [0.2, 0.25) is 0 Å². The van der Waals surface area contributed by atoms with Crippen molar-refractivity contribution in [2.75, 3.05) is 0 Å². The first kappa shape index (κ1) is 15.2. The fraction of sp³-hybridized carbons (Fsp3) is 0.231. The summed E-state index contributed by atoms with van der Waals surface area (Å²) in [4.78, 5) is 17.6. The number of H-pyrrole nitrogens is 1. The van der Waals surface area contributed by atoms with E-state index in [9.17, 15) is 13.2 Å². The predicted molar refractivity (Wildman–Crippen MR) is 76.6 cm³/mol. The lowest BCUT2D eigenvalue weighted by molar-refractivity contribution is -0.119. The van der Waals surface area contributed by atoms with Gasteiger partial charge >= 0.3 is 0 Å². The molecule has 1 heterocycles. The Bertz CT molecular complexity index is 694. The molecule has 1 aromatic carbocycles. The van der Waals surface area contributed by atoms with Crippen LogP contribution in [-0.4, -0.2) is 24.3 Å². The Labute approximate surface area is 122 Å². The van der Waals surface area contributed by atoms with Gasteiger partial charge < -0.3 is 10.3 Å². The summed E-state index contributed by atoms with van der Waals surface area (Å²) in [6, 6.07) is 6.35. The highest BCUT2D eigenvalue weighted by Crippen LogP contribution is 2.11. The maximum absolute atomic E-state index is 12.1. The molecule has 7 nitrogen and oxygen atoms in total. The number of benzene rings is 1. The first-order valence-corrected chi connectivity index (χ1v) is 7.76. The molecular formula is C13H16N4O3S. The maximum Gasteiger partial charge on any atom is 0.240 e. The zero-order valence-electron chi connectivity index (χ0n) is 11.5. The van der Waals surface area contributed by atoms with E-state index in [1.807, 2.05) is 0 Å². The monoisotopic (exact) mass is 308 g/mol. The third kappa shape index (κ3) is 4.40. The molecular weight excluding hydrogens is 292 g/mol. The Morgan fingerprint density at radius 3 is 2.52 bits per heavy atom. The largest absolute Gasteiger partial charge is 0.352 e. The molecule has 0 bridgehead atoms. The second-order valence-corrected chi connectivity index (χ2v) is 6.22. The molecule has 1 aromatic heterocycles. The van der Waals surface area contributed by atoms with Gasteiger partial charge in [0.25, 0.3) is 0 Å². The van der Waals surface area contributed by atoms with E-state index in [2.05, 4.69) is 20.0 Å². The molecule has 0 aliphatic rings. The fourth-order valence-corrected chi connectivity index (χ4v) is 2.66. The van der Waals surface area contributed by atoms with Crippen molar-refractivity contribution in [3.63, 3.8) is 0 Å². The summed E-state index contributed by atoms with van der Waals surface area (Å²) < 4.78 is 26.7. The summed E-state index contributed by atoms with van der Waals surface area (Å²) in [7, 11) is -3.57. The lowest BCUT2D eigenvalue weighted by atomic mass is 10.2. The summed E-state index contributed by atoms with van der Waals surface area (Å²) in [6.45, 7) is 1.95. The van der Waals surface area contributed by atoms with Gasteiger partial charge in [-0.25, -0.2) is 18.1 Å². The highest BCUT2D eigenvalue weighted by molar-refractivity contribution is 7.89. The molecule has 8 heteroatoms. The average Bonchev–Trinajstić information content (AvgIpc) is 2.97. The second-order valence-electron chi connectivity index (χ2n) is 4.46. The number of imidazole rings is 1. The molecule has 2 rings (SSSR count). The number of aromatic amines is 1. The highest BCUT2D eigenvalue weighted by Gasteiger charge is 2.13. The van der Waals surface area contributed by atoms with Gasteiger partial charge in [0.2, 0.25) is 15.9 Å². The van der Waals surface area contributed by atoms with Crippen molar-refractivity contribution in [1.29, 1.82) is 0 Å². The van der Waals surface area contributed by atoms with Gasteiger partial charge in [-0.2, -0.15) is 0 Å². The van der Waals surface area contributed by atoms with Crippen molar-refractivity contribution in [2.24, 2.45) is 0 Å². The summed E-state index contributed by atoms with van der Waals surface area (Å²) in [5, 5.41) is 2.65. The Kier molecular flexibility index (Phi) is 4.71. The number of hydrogen-bond acceptors (Lipinski definition) is 4. The van der Waals surface area contributed by atoms with Crippen molar-refractivity contribution in [2.45, 2.75) is 24.9 Å². The number of rotatable bonds is 6. The number of amides is 1. The average molecular weight is 308 g/mol. The maximum atomic E-state index is 12.1. The molecule has 0 atom stereocenters. The SMILES string of the molecule is CC(=O)NCc1ccc(S(=O)(=O)NCc2cnc[nH]2)cc1. The standard InChI is InChI=1S/C13H16N4O3S/c1-10(18)15-6-11-2-4-13(5-3-11)21(19,20)17-8-12-7-14-9-16-12/h2-5,7,9,17H,6,8H2,1H3,(H,14,16)(H,15,18). The number of carbonyl (C=O) groups excluding carboxylic acids is 1. The fourth-order valence-electron chi connectivity index (χ4n) is 1.65. The minimum atomic E-state index is -3.57. The quantitative estimate of drug-likeness (QED) is 0.724. The van der Waals surface area contributed by atoms with Crippen LogP contribution >= 0.6 is 0 Å². The highest BCUT2D eigenvalue weighted by atomic mass is 32.2. The van der Waals surface area contributed by atoms with E-state index in [4.69, 9.17) is 0 Å². The molecule has 0 radical (unpaired) electrons. The number of carbonyl (C=O) groups is 1. The Hall–Kier alpha value is -2.19. The first-order chi connectivity index (χ1) is 9.97. The van der Waals surface area contributed by atoms with Gasteiger partial charge in [-0.05, 0) is 17.7 Å². The molecule has 0 saturated heterocycles. The van der Waals surface area contributed by atoms with Crippen LogP contribution in [0.15, 0.2) is 41.7 Å². The van der Waals surface area contributed by atoms with Crippen LogP contribution < -0.4 is 10.0 Å². The van der Waals surface area contributed by atoms with Crippen molar-refractivity contribution in [3.8, 4) is 0 Å². The number of nitrogens with zero attached hydrogens (tertiary/aromatic N) is 1. The molecule has 112 valence electrons. The van der Waals surface area contributed by atoms with Crippen molar-refractivity contribution >= 4 is 15.9 Å². The summed E-state index contributed by atoms with van der Waals surface area (Å²) >= 11 is 0. The molecule has 0 saturated carbocycles. The van der Waals surface area contributed by atoms with E-state index in [-0.39, 0.29) is 17.3 Å². The summed E-state index contributed by atoms with van der Waals surface area (Å²) in [5.74, 6) is -0.132. The normalized spacial score (nSPS) is 11.3. The number of sulfonamides is 1. The van der Waals surface area contributed by atoms with E-state index >= 15 is 0 Å². The number of nitrogens with one attached hydrogen (secondary N) is 3. The molecule has 0 fully saturated rings. The molecule has 0 aliphatic carbocycles. The Morgan fingerprint density at radius 1 is 1.24 bits per heavy atom. The van der Waals surface area contributed by atoms with Crippen LogP contribution in [0.25, 0.3) is 0 Å². The Morgan fingerprint density at radius 2 is 1.95 bits per heavy atom. The van der Waals surface area contributed by atoms with E-state index in [0.717, 1.165) is 5.56 Å². The lowest BCUT2D eigenvalue weighted by Gasteiger charge is -2.07. The van der Waals surface area contributed by atoms with Crippen LogP contribution in [0.3, 0.4) is 0 Å². The smallest absolute Gasteiger partial charge is 0.240 e. The Balaban J connectivity index is 2.01. The zero-order valence-corrected chi connectivity index (χ0v) is 12.3. The van der Waals surface area contributed by atoms with Crippen molar-refractivity contribution < 1.29 is 13.2 Å². The van der Waals surface area contributed by atoms with Gasteiger partial charge in [0.15, 0.2) is 0 Å². The van der Waals surface area contributed by atoms with E-state index < -0.39 is 10.0 Å². The van der Waals surface area contributed by atoms with E-state index in [0.29, 0.717) is 12.2 Å². The third-order valence-electron chi connectivity index (χ3n) is 2.78. The van der Waals surface area contributed by atoms with Crippen LogP contribution in [-0.2, 0) is 27.9 Å². The van der Waals surface area contributed by atoms with Crippen LogP contribution in [0.5, 0.6) is 0 Å². The molecule has 0 aliphatic heterocycles. The van der Waals surface area contributed by atoms with E-state index in [1.165, 1.54) is 25.4 Å². The minimum Gasteiger partial charge on any atom is -0.352 e. The van der Waals surface area contributed by atoms with Gasteiger partial charge in [0, 0.05) is 25.4 Å². The lowest BCUT2D eigenvalue weighted by Crippen LogP contribution is -2.23. The molecule has 0 spiro atoms. The minimum absolute atomic E-state index is 0.132. The van der Waals surface area contributed by atoms with Gasteiger partial charge in [0.1, 0.15) is 0 Å². The third-order valence-corrected chi connectivity index (χ3v) is 4.20. The van der Waals surface area contributed by atoms with E-state index in [1.54, 1.807) is 18.3 Å².